The number of anilines is 1. The van der Waals surface area contributed by atoms with Crippen LogP contribution in [0.3, 0.4) is 0 Å². The Morgan fingerprint density at radius 2 is 2.00 bits per heavy atom. The summed E-state index contributed by atoms with van der Waals surface area (Å²) in [5.74, 6) is -1.15. The third-order valence-corrected chi connectivity index (χ3v) is 4.86. The summed E-state index contributed by atoms with van der Waals surface area (Å²) in [5.41, 5.74) is 0.486. The highest BCUT2D eigenvalue weighted by molar-refractivity contribution is 7.85. The lowest BCUT2D eigenvalue weighted by molar-refractivity contribution is -0.115. The van der Waals surface area contributed by atoms with Crippen LogP contribution in [-0.2, 0) is 21.3 Å². The summed E-state index contributed by atoms with van der Waals surface area (Å²) < 4.78 is 22.5. The number of benzene rings is 1. The number of rotatable bonds is 7. The van der Waals surface area contributed by atoms with Crippen LogP contribution in [0.1, 0.15) is 23.2 Å². The number of carbonyl (C=O) groups is 2. The fraction of sp³-hybridized carbons (Fsp3) is 0.250. The zero-order chi connectivity index (χ0) is 17.7. The van der Waals surface area contributed by atoms with Gasteiger partial charge in [-0.15, -0.1) is 0 Å². The minimum atomic E-state index is -1.57. The van der Waals surface area contributed by atoms with Gasteiger partial charge in [0.05, 0.1) is 18.6 Å². The van der Waals surface area contributed by atoms with Gasteiger partial charge in [0.15, 0.2) is 0 Å². The van der Waals surface area contributed by atoms with Crippen molar-refractivity contribution in [1.29, 1.82) is 0 Å². The molecule has 0 fully saturated rings. The Balaban J connectivity index is 2.01. The summed E-state index contributed by atoms with van der Waals surface area (Å²) in [7, 11) is -0.0779. The van der Waals surface area contributed by atoms with E-state index in [2.05, 4.69) is 5.32 Å². The molecule has 0 saturated heterocycles. The molecule has 24 heavy (non-hydrogen) atoms. The largest absolute Gasteiger partial charge is 0.495 e. The molecule has 0 aliphatic rings. The number of carboxylic acids is 1. The first kappa shape index (κ1) is 17.7. The zero-order valence-electron chi connectivity index (χ0n) is 13.1. The van der Waals surface area contributed by atoms with Crippen molar-refractivity contribution in [1.82, 2.24) is 0 Å². The monoisotopic (exact) mass is 351 g/mol. The Kier molecular flexibility index (Phi) is 5.75. The number of carbonyl (C=O) groups excluding carboxylic acids is 1. The number of methoxy groups -OCH3 is 1. The van der Waals surface area contributed by atoms with E-state index in [-0.39, 0.29) is 17.3 Å². The van der Waals surface area contributed by atoms with E-state index < -0.39 is 27.9 Å². The van der Waals surface area contributed by atoms with Crippen LogP contribution in [0.15, 0.2) is 40.8 Å². The van der Waals surface area contributed by atoms with Crippen LogP contribution < -0.4 is 10.1 Å². The predicted molar refractivity (Wildman–Crippen MR) is 88.6 cm³/mol. The van der Waals surface area contributed by atoms with Gasteiger partial charge in [0.25, 0.3) is 0 Å². The molecule has 0 bridgehead atoms. The fourth-order valence-electron chi connectivity index (χ4n) is 1.94. The van der Waals surface area contributed by atoms with Crippen LogP contribution in [0.4, 0.5) is 5.69 Å². The minimum absolute atomic E-state index is 0.0478. The number of ether oxygens (including phenoxy) is 1. The van der Waals surface area contributed by atoms with Crippen LogP contribution in [0.5, 0.6) is 5.75 Å². The molecule has 8 heteroatoms. The Morgan fingerprint density at radius 3 is 2.62 bits per heavy atom. The first-order valence-electron chi connectivity index (χ1n) is 7.05. The summed E-state index contributed by atoms with van der Waals surface area (Å²) in [5, 5.41) is 10.7. The lowest BCUT2D eigenvalue weighted by atomic mass is 10.3. The Bertz CT molecular complexity index is 769. The van der Waals surface area contributed by atoms with Crippen molar-refractivity contribution in [3.05, 3.63) is 47.9 Å². The van der Waals surface area contributed by atoms with Crippen molar-refractivity contribution in [2.24, 2.45) is 0 Å². The molecule has 1 amide bonds. The van der Waals surface area contributed by atoms with E-state index in [1.54, 1.807) is 24.3 Å². The van der Waals surface area contributed by atoms with Gasteiger partial charge in [-0.05, 0) is 31.2 Å². The number of hydrogen-bond donors (Lipinski definition) is 2. The molecule has 2 N–H and O–H groups in total. The number of carboxylic acid groups (broad SMARTS) is 1. The highest BCUT2D eigenvalue weighted by atomic mass is 32.2. The van der Waals surface area contributed by atoms with Gasteiger partial charge < -0.3 is 19.6 Å². The second kappa shape index (κ2) is 7.78. The van der Waals surface area contributed by atoms with E-state index in [9.17, 15) is 13.8 Å². The molecule has 0 spiro atoms. The Hall–Kier alpha value is -2.61. The van der Waals surface area contributed by atoms with Crippen molar-refractivity contribution in [2.75, 3.05) is 12.4 Å². The van der Waals surface area contributed by atoms with Crippen LogP contribution in [0.25, 0.3) is 0 Å². The Labute approximate surface area is 141 Å². The summed E-state index contributed by atoms with van der Waals surface area (Å²) >= 11 is 0. The average Bonchev–Trinajstić information content (AvgIpc) is 3.03. The third kappa shape index (κ3) is 4.23. The molecular weight excluding hydrogens is 334 g/mol. The molecule has 1 aromatic heterocycles. The smallest absolute Gasteiger partial charge is 0.371 e. The third-order valence-electron chi connectivity index (χ3n) is 3.29. The van der Waals surface area contributed by atoms with Gasteiger partial charge in [-0.3, -0.25) is 9.00 Å². The molecule has 7 nitrogen and oxygen atoms in total. The van der Waals surface area contributed by atoms with E-state index >= 15 is 0 Å². The van der Waals surface area contributed by atoms with E-state index in [0.717, 1.165) is 0 Å². The SMILES string of the molecule is COc1ccccc1NC(=O)C(C)S(=O)Cc1ccc(C(=O)O)o1. The zero-order valence-corrected chi connectivity index (χ0v) is 14.0. The molecule has 2 atom stereocenters. The lowest BCUT2D eigenvalue weighted by Gasteiger charge is -2.13. The molecule has 0 aliphatic carbocycles. The fourth-order valence-corrected chi connectivity index (χ4v) is 2.92. The number of nitrogens with one attached hydrogen (secondary N) is 1. The molecule has 128 valence electrons. The van der Waals surface area contributed by atoms with Crippen LogP contribution >= 0.6 is 0 Å². The van der Waals surface area contributed by atoms with Gasteiger partial charge in [0, 0.05) is 10.8 Å². The molecule has 2 aromatic rings. The van der Waals surface area contributed by atoms with E-state index in [1.165, 1.54) is 26.2 Å². The topological polar surface area (TPSA) is 106 Å². The number of furan rings is 1. The lowest BCUT2D eigenvalue weighted by Crippen LogP contribution is -2.29. The maximum atomic E-state index is 12.3. The van der Waals surface area contributed by atoms with Crippen LogP contribution in [-0.4, -0.2) is 33.6 Å². The van der Waals surface area contributed by atoms with Crippen molar-refractivity contribution in [3.63, 3.8) is 0 Å². The second-order valence-electron chi connectivity index (χ2n) is 4.93. The first-order chi connectivity index (χ1) is 11.4. The van der Waals surface area contributed by atoms with E-state index in [0.29, 0.717) is 11.4 Å². The number of para-hydroxylation sites is 2. The summed E-state index contributed by atoms with van der Waals surface area (Å²) in [4.78, 5) is 23.0. The van der Waals surface area contributed by atoms with E-state index in [1.807, 2.05) is 0 Å². The maximum absolute atomic E-state index is 12.3. The number of amides is 1. The van der Waals surface area contributed by atoms with Crippen molar-refractivity contribution in [2.45, 2.75) is 17.9 Å². The number of hydrogen-bond acceptors (Lipinski definition) is 5. The van der Waals surface area contributed by atoms with Gasteiger partial charge >= 0.3 is 5.97 Å². The normalized spacial score (nSPS) is 13.1. The summed E-state index contributed by atoms with van der Waals surface area (Å²) in [6.45, 7) is 1.53. The van der Waals surface area contributed by atoms with Gasteiger partial charge in [-0.1, -0.05) is 12.1 Å². The van der Waals surface area contributed by atoms with Gasteiger partial charge in [0.2, 0.25) is 11.7 Å². The molecule has 1 aromatic carbocycles. The molecule has 0 aliphatic heterocycles. The van der Waals surface area contributed by atoms with Crippen molar-refractivity contribution < 1.29 is 28.1 Å². The van der Waals surface area contributed by atoms with Crippen molar-refractivity contribution >= 4 is 28.4 Å². The molecular formula is C16H17NO6S. The molecule has 2 rings (SSSR count). The predicted octanol–water partition coefficient (Wildman–Crippen LogP) is 2.26. The van der Waals surface area contributed by atoms with Crippen molar-refractivity contribution in [3.8, 4) is 5.75 Å². The molecule has 0 saturated carbocycles. The maximum Gasteiger partial charge on any atom is 0.371 e. The van der Waals surface area contributed by atoms with Crippen LogP contribution in [0, 0.1) is 0 Å². The molecule has 1 heterocycles. The quantitative estimate of drug-likeness (QED) is 0.792. The Morgan fingerprint density at radius 1 is 1.29 bits per heavy atom. The second-order valence-corrected chi connectivity index (χ2v) is 6.69. The highest BCUT2D eigenvalue weighted by Gasteiger charge is 2.22. The summed E-state index contributed by atoms with van der Waals surface area (Å²) in [6, 6.07) is 9.62. The van der Waals surface area contributed by atoms with E-state index in [4.69, 9.17) is 14.3 Å². The van der Waals surface area contributed by atoms with Gasteiger partial charge in [-0.25, -0.2) is 4.79 Å². The minimum Gasteiger partial charge on any atom is -0.495 e. The van der Waals surface area contributed by atoms with Crippen LogP contribution in [0.2, 0.25) is 0 Å². The molecule has 0 radical (unpaired) electrons. The van der Waals surface area contributed by atoms with Gasteiger partial charge in [0.1, 0.15) is 16.8 Å². The molecule has 2 unspecified atom stereocenters. The summed E-state index contributed by atoms with van der Waals surface area (Å²) in [6.07, 6.45) is 0. The number of aromatic carboxylic acids is 1. The average molecular weight is 351 g/mol. The first-order valence-corrected chi connectivity index (χ1v) is 8.43. The standard InChI is InChI=1S/C16H17NO6S/c1-10(15(18)17-12-5-3-4-6-13(12)22-2)24(21)9-11-7-8-14(23-11)16(19)20/h3-8,10H,9H2,1-2H3,(H,17,18)(H,19,20). The highest BCUT2D eigenvalue weighted by Crippen LogP contribution is 2.23. The van der Waals surface area contributed by atoms with Gasteiger partial charge in [-0.2, -0.15) is 0 Å².